The van der Waals surface area contributed by atoms with Gasteiger partial charge in [0.15, 0.2) is 11.5 Å². The number of nitrogens with zero attached hydrogens (tertiary/aromatic N) is 1. The predicted octanol–water partition coefficient (Wildman–Crippen LogP) is 0.427. The average molecular weight is 338 g/mol. The summed E-state index contributed by atoms with van der Waals surface area (Å²) < 4.78 is 20.5. The molecule has 8 nitrogen and oxygen atoms in total. The van der Waals surface area contributed by atoms with E-state index in [1.165, 1.54) is 33.3 Å². The van der Waals surface area contributed by atoms with Crippen molar-refractivity contribution >= 4 is 11.9 Å². The highest BCUT2D eigenvalue weighted by Gasteiger charge is 2.39. The molecule has 8 heteroatoms. The average Bonchev–Trinajstić information content (AvgIpc) is 3.00. The molecule has 0 unspecified atom stereocenters. The summed E-state index contributed by atoms with van der Waals surface area (Å²) in [6.07, 6.45) is 0.364. The first-order chi connectivity index (χ1) is 11.5. The molecular weight excluding hydrogens is 316 g/mol. The highest BCUT2D eigenvalue weighted by molar-refractivity contribution is 5.98. The van der Waals surface area contributed by atoms with Gasteiger partial charge in [0.2, 0.25) is 5.75 Å². The molecule has 1 amide bonds. The highest BCUT2D eigenvalue weighted by Crippen LogP contribution is 2.38. The number of carbonyl (C=O) groups is 2. The molecule has 1 saturated heterocycles. The largest absolute Gasteiger partial charge is 0.493 e. The normalized spacial score (nSPS) is 19.8. The lowest BCUT2D eigenvalue weighted by Gasteiger charge is -2.23. The van der Waals surface area contributed by atoms with Crippen LogP contribution in [-0.4, -0.2) is 63.8 Å². The number of nitrogens with two attached hydrogens (primary N) is 1. The minimum Gasteiger partial charge on any atom is -0.493 e. The molecule has 0 aromatic heterocycles. The maximum Gasteiger partial charge on any atom is 0.328 e. The SMILES string of the molecule is COC(=O)[C@@H]1C[C@H](N)CN1C(=O)c1cc(OC)c(OC)c(OC)c1. The van der Waals surface area contributed by atoms with Crippen molar-refractivity contribution in [2.45, 2.75) is 18.5 Å². The van der Waals surface area contributed by atoms with Crippen molar-refractivity contribution in [2.24, 2.45) is 5.73 Å². The highest BCUT2D eigenvalue weighted by atomic mass is 16.5. The van der Waals surface area contributed by atoms with Crippen LogP contribution in [0.5, 0.6) is 17.2 Å². The Morgan fingerprint density at radius 2 is 1.67 bits per heavy atom. The summed E-state index contributed by atoms with van der Waals surface area (Å²) in [5.74, 6) is 0.275. The molecule has 0 aliphatic carbocycles. The first-order valence-electron chi connectivity index (χ1n) is 7.41. The van der Waals surface area contributed by atoms with E-state index in [4.69, 9.17) is 24.7 Å². The molecule has 1 aromatic rings. The van der Waals surface area contributed by atoms with Crippen molar-refractivity contribution in [3.8, 4) is 17.2 Å². The number of hydrogen-bond donors (Lipinski definition) is 1. The van der Waals surface area contributed by atoms with Crippen LogP contribution in [-0.2, 0) is 9.53 Å². The van der Waals surface area contributed by atoms with Crippen molar-refractivity contribution < 1.29 is 28.5 Å². The molecule has 1 aromatic carbocycles. The molecule has 1 aliphatic heterocycles. The summed E-state index contributed by atoms with van der Waals surface area (Å²) in [5.41, 5.74) is 6.22. The third kappa shape index (κ3) is 3.23. The summed E-state index contributed by atoms with van der Waals surface area (Å²) in [4.78, 5) is 26.2. The molecule has 1 heterocycles. The molecule has 0 spiro atoms. The van der Waals surface area contributed by atoms with Crippen LogP contribution in [0.15, 0.2) is 12.1 Å². The van der Waals surface area contributed by atoms with Crippen LogP contribution in [0, 0.1) is 0 Å². The van der Waals surface area contributed by atoms with Gasteiger partial charge >= 0.3 is 5.97 Å². The number of esters is 1. The molecule has 0 radical (unpaired) electrons. The first kappa shape index (κ1) is 17.9. The van der Waals surface area contributed by atoms with Crippen molar-refractivity contribution in [1.29, 1.82) is 0 Å². The fourth-order valence-electron chi connectivity index (χ4n) is 2.82. The Morgan fingerprint density at radius 1 is 1.08 bits per heavy atom. The van der Waals surface area contributed by atoms with Crippen LogP contribution in [0.25, 0.3) is 0 Å². The van der Waals surface area contributed by atoms with E-state index in [1.54, 1.807) is 12.1 Å². The second kappa shape index (κ2) is 7.39. The molecule has 1 aliphatic rings. The number of methoxy groups -OCH3 is 4. The fourth-order valence-corrected chi connectivity index (χ4v) is 2.82. The molecule has 0 bridgehead atoms. The lowest BCUT2D eigenvalue weighted by molar-refractivity contribution is -0.145. The topological polar surface area (TPSA) is 100 Å². The van der Waals surface area contributed by atoms with E-state index in [0.29, 0.717) is 29.2 Å². The molecule has 1 fully saturated rings. The number of carbonyl (C=O) groups excluding carboxylic acids is 2. The zero-order chi connectivity index (χ0) is 17.9. The van der Waals surface area contributed by atoms with Gasteiger partial charge in [0.25, 0.3) is 5.91 Å². The molecule has 2 rings (SSSR count). The Bertz CT molecular complexity index is 608. The van der Waals surface area contributed by atoms with E-state index in [9.17, 15) is 9.59 Å². The van der Waals surface area contributed by atoms with Crippen molar-refractivity contribution in [3.63, 3.8) is 0 Å². The minimum absolute atomic E-state index is 0.273. The van der Waals surface area contributed by atoms with Crippen LogP contribution >= 0.6 is 0 Å². The van der Waals surface area contributed by atoms with E-state index < -0.39 is 12.0 Å². The van der Waals surface area contributed by atoms with E-state index in [-0.39, 0.29) is 18.5 Å². The third-order valence-corrected chi connectivity index (χ3v) is 3.98. The number of rotatable bonds is 5. The van der Waals surface area contributed by atoms with Gasteiger partial charge in [-0.05, 0) is 18.6 Å². The van der Waals surface area contributed by atoms with Crippen LogP contribution in [0.3, 0.4) is 0 Å². The van der Waals surface area contributed by atoms with Crippen molar-refractivity contribution in [2.75, 3.05) is 35.0 Å². The summed E-state index contributed by atoms with van der Waals surface area (Å²) in [6.45, 7) is 0.273. The quantitative estimate of drug-likeness (QED) is 0.777. The van der Waals surface area contributed by atoms with Crippen LogP contribution in [0.2, 0.25) is 0 Å². The Morgan fingerprint density at radius 3 is 2.12 bits per heavy atom. The van der Waals surface area contributed by atoms with Gasteiger partial charge in [0, 0.05) is 18.2 Å². The van der Waals surface area contributed by atoms with Gasteiger partial charge in [0.1, 0.15) is 6.04 Å². The molecule has 24 heavy (non-hydrogen) atoms. The van der Waals surface area contributed by atoms with Crippen molar-refractivity contribution in [1.82, 2.24) is 4.90 Å². The summed E-state index contributed by atoms with van der Waals surface area (Å²) in [7, 11) is 5.70. The van der Waals surface area contributed by atoms with E-state index in [1.807, 2.05) is 0 Å². The molecular formula is C16H22N2O6. The Kier molecular flexibility index (Phi) is 5.50. The van der Waals surface area contributed by atoms with Gasteiger partial charge in [-0.25, -0.2) is 4.79 Å². The predicted molar refractivity (Wildman–Crippen MR) is 85.5 cm³/mol. The molecule has 0 saturated carbocycles. The van der Waals surface area contributed by atoms with E-state index in [0.717, 1.165) is 0 Å². The molecule has 2 N–H and O–H groups in total. The lowest BCUT2D eigenvalue weighted by Crippen LogP contribution is -2.41. The van der Waals surface area contributed by atoms with Gasteiger partial charge in [-0.15, -0.1) is 0 Å². The number of likely N-dealkylation sites (tertiary alicyclic amines) is 1. The number of hydrogen-bond acceptors (Lipinski definition) is 7. The molecule has 2 atom stereocenters. The first-order valence-corrected chi connectivity index (χ1v) is 7.41. The Balaban J connectivity index is 2.40. The number of ether oxygens (including phenoxy) is 4. The van der Waals surface area contributed by atoms with Crippen LogP contribution < -0.4 is 19.9 Å². The lowest BCUT2D eigenvalue weighted by atomic mass is 10.1. The van der Waals surface area contributed by atoms with Gasteiger partial charge in [-0.1, -0.05) is 0 Å². The minimum atomic E-state index is -0.698. The van der Waals surface area contributed by atoms with Gasteiger partial charge in [-0.2, -0.15) is 0 Å². The maximum absolute atomic E-state index is 12.9. The van der Waals surface area contributed by atoms with Gasteiger partial charge in [0.05, 0.1) is 28.4 Å². The summed E-state index contributed by atoms with van der Waals surface area (Å²) in [6, 6.07) is 2.11. The van der Waals surface area contributed by atoms with Crippen molar-refractivity contribution in [3.05, 3.63) is 17.7 Å². The van der Waals surface area contributed by atoms with Crippen LogP contribution in [0.1, 0.15) is 16.8 Å². The van der Waals surface area contributed by atoms with E-state index in [2.05, 4.69) is 0 Å². The molecule has 132 valence electrons. The van der Waals surface area contributed by atoms with Gasteiger partial charge < -0.3 is 29.6 Å². The zero-order valence-corrected chi connectivity index (χ0v) is 14.2. The fraction of sp³-hybridized carbons (Fsp3) is 0.500. The number of amides is 1. The van der Waals surface area contributed by atoms with Crippen LogP contribution in [0.4, 0.5) is 0 Å². The zero-order valence-electron chi connectivity index (χ0n) is 14.2. The Labute approximate surface area is 140 Å². The summed E-state index contributed by atoms with van der Waals surface area (Å²) >= 11 is 0. The Hall–Kier alpha value is -2.48. The van der Waals surface area contributed by atoms with E-state index >= 15 is 0 Å². The second-order valence-corrected chi connectivity index (χ2v) is 5.41. The summed E-state index contributed by atoms with van der Waals surface area (Å²) in [5, 5.41) is 0. The monoisotopic (exact) mass is 338 g/mol. The number of benzene rings is 1. The smallest absolute Gasteiger partial charge is 0.328 e. The standard InChI is InChI=1S/C16H22N2O6/c1-21-12-5-9(6-13(22-2)14(12)23-3)15(19)18-8-10(17)7-11(18)16(20)24-4/h5-6,10-11H,7-8,17H2,1-4H3/t10-,11-/m0/s1. The van der Waals surface area contributed by atoms with Gasteiger partial charge in [-0.3, -0.25) is 4.79 Å². The third-order valence-electron chi connectivity index (χ3n) is 3.98. The maximum atomic E-state index is 12.9. The second-order valence-electron chi connectivity index (χ2n) is 5.41.